The summed E-state index contributed by atoms with van der Waals surface area (Å²) in [6.07, 6.45) is 17.2. The van der Waals surface area contributed by atoms with Gasteiger partial charge in [0.25, 0.3) is 0 Å². The summed E-state index contributed by atoms with van der Waals surface area (Å²) in [5.74, 6) is 1.25. The van der Waals surface area contributed by atoms with E-state index in [4.69, 9.17) is 0 Å². The first kappa shape index (κ1) is 21.8. The summed E-state index contributed by atoms with van der Waals surface area (Å²) in [5, 5.41) is 1.36. The largest absolute Gasteiger partial charge is 0.307 e. The van der Waals surface area contributed by atoms with Crippen molar-refractivity contribution in [3.63, 3.8) is 0 Å². The fourth-order valence-corrected chi connectivity index (χ4v) is 3.81. The van der Waals surface area contributed by atoms with E-state index in [1.54, 1.807) is 0 Å². The fraction of sp³-hybridized carbons (Fsp3) is 0.947. The SMILES string of the molecule is CCCCCCCCCCCCCCSC(N(C)C)=[N+](C)C. The van der Waals surface area contributed by atoms with Crippen LogP contribution in [0.2, 0.25) is 0 Å². The Morgan fingerprint density at radius 2 is 1.14 bits per heavy atom. The molecule has 0 radical (unpaired) electrons. The van der Waals surface area contributed by atoms with Crippen LogP contribution in [0.4, 0.5) is 0 Å². The number of unbranched alkanes of at least 4 members (excludes halogenated alkanes) is 11. The van der Waals surface area contributed by atoms with Crippen LogP contribution in [0.3, 0.4) is 0 Å². The predicted octanol–water partition coefficient (Wildman–Crippen LogP) is 5.61. The van der Waals surface area contributed by atoms with Crippen LogP contribution in [0.5, 0.6) is 0 Å². The Bertz CT molecular complexity index is 271. The molecule has 0 amide bonds. The lowest BCUT2D eigenvalue weighted by Gasteiger charge is -2.10. The van der Waals surface area contributed by atoms with Crippen LogP contribution in [0.25, 0.3) is 0 Å². The minimum atomic E-state index is 1.25. The molecular formula is C19H41N2S+. The summed E-state index contributed by atoms with van der Waals surface area (Å²) in [5.41, 5.74) is 0. The summed E-state index contributed by atoms with van der Waals surface area (Å²) in [4.78, 5) is 2.21. The van der Waals surface area contributed by atoms with Gasteiger partial charge in [-0.3, -0.25) is 9.48 Å². The molecule has 22 heavy (non-hydrogen) atoms. The van der Waals surface area contributed by atoms with Crippen LogP contribution < -0.4 is 0 Å². The van der Waals surface area contributed by atoms with Crippen molar-refractivity contribution in [1.82, 2.24) is 4.90 Å². The van der Waals surface area contributed by atoms with Crippen LogP contribution in [0, 0.1) is 0 Å². The lowest BCUT2D eigenvalue weighted by molar-refractivity contribution is -0.466. The van der Waals surface area contributed by atoms with Crippen molar-refractivity contribution in [2.75, 3.05) is 33.9 Å². The smallest absolute Gasteiger partial charge is 0.262 e. The maximum Gasteiger partial charge on any atom is 0.307 e. The third-order valence-electron chi connectivity index (χ3n) is 3.99. The van der Waals surface area contributed by atoms with Crippen molar-refractivity contribution in [1.29, 1.82) is 0 Å². The average molecular weight is 330 g/mol. The second-order valence-electron chi connectivity index (χ2n) is 6.81. The van der Waals surface area contributed by atoms with Gasteiger partial charge >= 0.3 is 5.17 Å². The van der Waals surface area contributed by atoms with Crippen LogP contribution in [0.1, 0.15) is 84.0 Å². The number of hydrogen-bond acceptors (Lipinski definition) is 1. The van der Waals surface area contributed by atoms with Crippen molar-refractivity contribution >= 4 is 16.9 Å². The van der Waals surface area contributed by atoms with Gasteiger partial charge in [0.1, 0.15) is 0 Å². The van der Waals surface area contributed by atoms with E-state index in [0.29, 0.717) is 0 Å². The average Bonchev–Trinajstić information content (AvgIpc) is 2.46. The van der Waals surface area contributed by atoms with Crippen molar-refractivity contribution in [3.05, 3.63) is 0 Å². The molecule has 0 N–H and O–H groups in total. The zero-order valence-electron chi connectivity index (χ0n) is 16.0. The van der Waals surface area contributed by atoms with Gasteiger partial charge in [-0.1, -0.05) is 77.6 Å². The summed E-state index contributed by atoms with van der Waals surface area (Å²) >= 11 is 1.99. The number of amidine groups is 1. The summed E-state index contributed by atoms with van der Waals surface area (Å²) in [6, 6.07) is 0. The topological polar surface area (TPSA) is 6.25 Å². The molecule has 0 fully saturated rings. The van der Waals surface area contributed by atoms with Crippen molar-refractivity contribution in [2.24, 2.45) is 0 Å². The van der Waals surface area contributed by atoms with Crippen molar-refractivity contribution in [3.8, 4) is 0 Å². The van der Waals surface area contributed by atoms with E-state index in [9.17, 15) is 0 Å². The van der Waals surface area contributed by atoms with E-state index < -0.39 is 0 Å². The highest BCUT2D eigenvalue weighted by Gasteiger charge is 2.11. The van der Waals surface area contributed by atoms with Gasteiger partial charge in [-0.15, -0.1) is 0 Å². The normalized spacial score (nSPS) is 10.8. The molecule has 0 aliphatic heterocycles. The van der Waals surface area contributed by atoms with E-state index in [-0.39, 0.29) is 0 Å². The van der Waals surface area contributed by atoms with E-state index in [1.807, 2.05) is 11.8 Å². The van der Waals surface area contributed by atoms with Gasteiger partial charge in [0.05, 0.1) is 28.2 Å². The molecule has 0 aromatic heterocycles. The Kier molecular flexibility index (Phi) is 15.6. The maximum atomic E-state index is 2.29. The summed E-state index contributed by atoms with van der Waals surface area (Å²) in [6.45, 7) is 2.29. The molecule has 0 aliphatic carbocycles. The number of hydrogen-bond donors (Lipinski definition) is 0. The van der Waals surface area contributed by atoms with E-state index >= 15 is 0 Å². The first-order chi connectivity index (χ1) is 10.6. The van der Waals surface area contributed by atoms with Crippen LogP contribution in [-0.4, -0.2) is 48.6 Å². The molecule has 0 heterocycles. The van der Waals surface area contributed by atoms with E-state index in [1.165, 1.54) is 88.0 Å². The van der Waals surface area contributed by atoms with Crippen LogP contribution in [0.15, 0.2) is 0 Å². The maximum absolute atomic E-state index is 2.29. The fourth-order valence-electron chi connectivity index (χ4n) is 2.76. The van der Waals surface area contributed by atoms with Gasteiger partial charge in [0, 0.05) is 5.75 Å². The lowest BCUT2D eigenvalue weighted by Crippen LogP contribution is -2.26. The first-order valence-electron chi connectivity index (χ1n) is 9.44. The molecule has 0 aliphatic rings. The van der Waals surface area contributed by atoms with Crippen molar-refractivity contribution < 1.29 is 4.58 Å². The van der Waals surface area contributed by atoms with E-state index in [0.717, 1.165) is 0 Å². The lowest BCUT2D eigenvalue weighted by atomic mass is 10.1. The van der Waals surface area contributed by atoms with Gasteiger partial charge in [0.2, 0.25) is 0 Å². The quantitative estimate of drug-likeness (QED) is 0.187. The standard InChI is InChI=1S/C19H41N2S/c1-6-7-8-9-10-11-12-13-14-15-16-17-18-22-19(20(2)3)21(4)5/h6-18H2,1-5H3/q+1. The molecule has 0 bridgehead atoms. The van der Waals surface area contributed by atoms with E-state index in [2.05, 4.69) is 44.6 Å². The minimum Gasteiger partial charge on any atom is -0.262 e. The summed E-state index contributed by atoms with van der Waals surface area (Å²) < 4.78 is 2.21. The monoisotopic (exact) mass is 329 g/mol. The predicted molar refractivity (Wildman–Crippen MR) is 104 cm³/mol. The van der Waals surface area contributed by atoms with Gasteiger partial charge in [-0.25, -0.2) is 0 Å². The molecule has 0 atom stereocenters. The number of nitrogens with zero attached hydrogens (tertiary/aromatic N) is 2. The van der Waals surface area contributed by atoms with Crippen LogP contribution in [-0.2, 0) is 0 Å². The van der Waals surface area contributed by atoms with Gasteiger partial charge < -0.3 is 0 Å². The Labute approximate surface area is 144 Å². The molecule has 0 rings (SSSR count). The molecule has 132 valence electrons. The molecule has 0 aromatic rings. The number of rotatable bonds is 13. The second kappa shape index (κ2) is 15.7. The molecular weight excluding hydrogens is 288 g/mol. The second-order valence-corrected chi connectivity index (χ2v) is 7.87. The molecule has 0 unspecified atom stereocenters. The zero-order chi connectivity index (χ0) is 16.6. The molecule has 0 aromatic carbocycles. The Morgan fingerprint density at radius 3 is 1.50 bits per heavy atom. The third kappa shape index (κ3) is 13.5. The highest BCUT2D eigenvalue weighted by atomic mass is 32.2. The third-order valence-corrected chi connectivity index (χ3v) is 5.48. The Balaban J connectivity index is 3.29. The first-order valence-corrected chi connectivity index (χ1v) is 10.4. The molecule has 0 spiro atoms. The Hall–Kier alpha value is -0.180. The van der Waals surface area contributed by atoms with Crippen molar-refractivity contribution in [2.45, 2.75) is 84.0 Å². The molecule has 0 saturated heterocycles. The minimum absolute atomic E-state index is 1.25. The zero-order valence-corrected chi connectivity index (χ0v) is 16.8. The number of thioether (sulfide) groups is 1. The molecule has 2 nitrogen and oxygen atoms in total. The highest BCUT2D eigenvalue weighted by molar-refractivity contribution is 8.13. The molecule has 3 heteroatoms. The Morgan fingerprint density at radius 1 is 0.727 bits per heavy atom. The highest BCUT2D eigenvalue weighted by Crippen LogP contribution is 2.14. The summed E-state index contributed by atoms with van der Waals surface area (Å²) in [7, 11) is 8.52. The molecule has 0 saturated carbocycles. The van der Waals surface area contributed by atoms with Gasteiger partial charge in [0.15, 0.2) is 0 Å². The van der Waals surface area contributed by atoms with Gasteiger partial charge in [-0.2, -0.15) is 0 Å². The van der Waals surface area contributed by atoms with Gasteiger partial charge in [-0.05, 0) is 18.2 Å². The van der Waals surface area contributed by atoms with Crippen LogP contribution >= 0.6 is 11.8 Å².